The molecule has 1 aliphatic rings. The Labute approximate surface area is 135 Å². The summed E-state index contributed by atoms with van der Waals surface area (Å²) in [5.41, 5.74) is 4.55. The summed E-state index contributed by atoms with van der Waals surface area (Å²) in [5.74, 6) is -0.104. The Balaban J connectivity index is 0.000000452. The summed E-state index contributed by atoms with van der Waals surface area (Å²) in [7, 11) is 9.78. The summed E-state index contributed by atoms with van der Waals surface area (Å²) >= 11 is -0.556. The first-order chi connectivity index (χ1) is 9.74. The van der Waals surface area contributed by atoms with Gasteiger partial charge in [0, 0.05) is 5.92 Å². The van der Waals surface area contributed by atoms with Crippen molar-refractivity contribution in [1.29, 1.82) is 0 Å². The van der Waals surface area contributed by atoms with Gasteiger partial charge in [0.25, 0.3) is 0 Å². The molecule has 0 radical (unpaired) electrons. The van der Waals surface area contributed by atoms with E-state index in [1.807, 2.05) is 36.4 Å². The number of aliphatic hydroxyl groups excluding tert-OH is 2. The van der Waals surface area contributed by atoms with E-state index in [0.717, 1.165) is 11.1 Å². The van der Waals surface area contributed by atoms with Gasteiger partial charge in [0.2, 0.25) is 0 Å². The summed E-state index contributed by atoms with van der Waals surface area (Å²) in [6, 6.07) is 16.1. The first-order valence-corrected chi connectivity index (χ1v) is 10.5. The van der Waals surface area contributed by atoms with E-state index in [4.69, 9.17) is 18.6 Å². The molecule has 1 unspecified atom stereocenters. The van der Waals surface area contributed by atoms with Gasteiger partial charge in [0.1, 0.15) is 0 Å². The van der Waals surface area contributed by atoms with E-state index in [1.54, 1.807) is 0 Å². The van der Waals surface area contributed by atoms with Crippen molar-refractivity contribution < 1.29 is 27.2 Å². The molecule has 2 nitrogen and oxygen atoms in total. The van der Waals surface area contributed by atoms with E-state index in [1.165, 1.54) is 11.1 Å². The van der Waals surface area contributed by atoms with Crippen molar-refractivity contribution in [2.45, 2.75) is 12.0 Å². The van der Waals surface area contributed by atoms with Crippen molar-refractivity contribution in [2.24, 2.45) is 0 Å². The van der Waals surface area contributed by atoms with E-state index >= 15 is 0 Å². The first-order valence-electron chi connectivity index (χ1n) is 6.18. The number of rotatable bonds is 2. The Hall–Kier alpha value is -0.346. The van der Waals surface area contributed by atoms with Crippen molar-refractivity contribution >= 4 is 18.6 Å². The van der Waals surface area contributed by atoms with Crippen molar-refractivity contribution in [2.75, 3.05) is 6.61 Å². The van der Waals surface area contributed by atoms with E-state index in [0.29, 0.717) is 0 Å². The fourth-order valence-corrected chi connectivity index (χ4v) is 2.71. The van der Waals surface area contributed by atoms with Crippen molar-refractivity contribution in [3.8, 4) is 11.1 Å². The average Bonchev–Trinajstić information content (AvgIpc) is 2.82. The third-order valence-corrected chi connectivity index (χ3v) is 3.45. The van der Waals surface area contributed by atoms with Crippen LogP contribution in [0, 0.1) is 0 Å². The van der Waals surface area contributed by atoms with Gasteiger partial charge in [-0.15, -0.1) is 0 Å². The number of aliphatic hydroxyl groups is 2. The van der Waals surface area contributed by atoms with Crippen LogP contribution in [0.15, 0.2) is 48.5 Å². The van der Waals surface area contributed by atoms with Gasteiger partial charge in [0.15, 0.2) is 0 Å². The van der Waals surface area contributed by atoms with E-state index < -0.39 is 23.1 Å². The fraction of sp³-hybridized carbons (Fsp3) is 0.200. The molecule has 20 heavy (non-hydrogen) atoms. The Morgan fingerprint density at radius 3 is 1.75 bits per heavy atom. The van der Waals surface area contributed by atoms with E-state index in [-0.39, 0.29) is 12.5 Å². The summed E-state index contributed by atoms with van der Waals surface area (Å²) < 4.78 is 0. The van der Waals surface area contributed by atoms with Gasteiger partial charge in [-0.1, -0.05) is 48.5 Å². The Morgan fingerprint density at radius 1 is 0.950 bits per heavy atom. The molecule has 0 heterocycles. The molecule has 104 valence electrons. The molecule has 0 aliphatic heterocycles. The second-order valence-corrected chi connectivity index (χ2v) is 7.05. The molecule has 0 saturated carbocycles. The normalized spacial score (nSPS) is 13.8. The van der Waals surface area contributed by atoms with Gasteiger partial charge in [0.05, 0.1) is 12.7 Å². The summed E-state index contributed by atoms with van der Waals surface area (Å²) in [6.07, 6.45) is -0.736. The van der Waals surface area contributed by atoms with E-state index in [2.05, 4.69) is 12.1 Å². The van der Waals surface area contributed by atoms with Crippen LogP contribution in [0.5, 0.6) is 0 Å². The van der Waals surface area contributed by atoms with Crippen LogP contribution in [-0.2, 0) is 17.0 Å². The standard InChI is InChI=1S/C15H14O2.2ClH.Ti/c16-9-14(17)15-12-7-3-1-5-10(12)11-6-2-4-8-13(11)15;;;/h1-8,14-17H,9H2;2*1H;/q;;;+2/p-2. The Morgan fingerprint density at radius 2 is 1.35 bits per heavy atom. The second kappa shape index (κ2) is 7.60. The van der Waals surface area contributed by atoms with Crippen molar-refractivity contribution in [3.63, 3.8) is 0 Å². The van der Waals surface area contributed by atoms with Crippen LogP contribution in [0.3, 0.4) is 0 Å². The molecule has 0 amide bonds. The van der Waals surface area contributed by atoms with Crippen LogP contribution in [0.4, 0.5) is 0 Å². The summed E-state index contributed by atoms with van der Waals surface area (Å²) in [4.78, 5) is 0. The quantitative estimate of drug-likeness (QED) is 0.818. The molecule has 1 aliphatic carbocycles. The summed E-state index contributed by atoms with van der Waals surface area (Å²) in [6.45, 7) is -0.215. The van der Waals surface area contributed by atoms with Crippen molar-refractivity contribution in [3.05, 3.63) is 59.7 Å². The van der Waals surface area contributed by atoms with Gasteiger partial charge >= 0.3 is 35.6 Å². The predicted molar refractivity (Wildman–Crippen MR) is 78.5 cm³/mol. The predicted octanol–water partition coefficient (Wildman–Crippen LogP) is 3.53. The SMILES string of the molecule is OCC(O)C1c2ccccc2-c2ccccc21.[Cl][Ti][Cl]. The maximum atomic E-state index is 10.0. The first kappa shape index (κ1) is 16.0. The zero-order chi connectivity index (χ0) is 14.5. The van der Waals surface area contributed by atoms with E-state index in [9.17, 15) is 10.2 Å². The number of hydrogen-bond acceptors (Lipinski definition) is 2. The number of halogens is 2. The van der Waals surface area contributed by atoms with Crippen LogP contribution >= 0.6 is 18.6 Å². The maximum absolute atomic E-state index is 10.0. The van der Waals surface area contributed by atoms with Crippen LogP contribution in [0.1, 0.15) is 17.0 Å². The molecule has 0 spiro atoms. The molecule has 2 aromatic carbocycles. The Bertz CT molecular complexity index is 532. The molecule has 0 bridgehead atoms. The average molecular weight is 345 g/mol. The summed E-state index contributed by atoms with van der Waals surface area (Å²) in [5, 5.41) is 19.2. The fourth-order valence-electron chi connectivity index (χ4n) is 2.71. The number of hydrogen-bond donors (Lipinski definition) is 2. The molecule has 2 aromatic rings. The third kappa shape index (κ3) is 3.11. The van der Waals surface area contributed by atoms with Crippen LogP contribution in [-0.4, -0.2) is 22.9 Å². The zero-order valence-corrected chi connectivity index (χ0v) is 13.7. The molecular formula is C15H14Cl2O2Ti. The molecule has 5 heteroatoms. The third-order valence-electron chi connectivity index (χ3n) is 3.45. The Kier molecular flexibility index (Phi) is 6.09. The van der Waals surface area contributed by atoms with Gasteiger partial charge in [-0.25, -0.2) is 0 Å². The topological polar surface area (TPSA) is 40.5 Å². The van der Waals surface area contributed by atoms with Crippen LogP contribution < -0.4 is 0 Å². The number of benzene rings is 2. The molecular weight excluding hydrogens is 331 g/mol. The minimum atomic E-state index is -0.736. The number of fused-ring (bicyclic) bond motifs is 3. The monoisotopic (exact) mass is 344 g/mol. The van der Waals surface area contributed by atoms with Crippen molar-refractivity contribution in [1.82, 2.24) is 0 Å². The molecule has 0 aromatic heterocycles. The zero-order valence-electron chi connectivity index (χ0n) is 10.6. The van der Waals surface area contributed by atoms with Crippen LogP contribution in [0.25, 0.3) is 11.1 Å². The van der Waals surface area contributed by atoms with Gasteiger partial charge in [-0.2, -0.15) is 0 Å². The van der Waals surface area contributed by atoms with Gasteiger partial charge < -0.3 is 10.2 Å². The molecule has 1 atom stereocenters. The molecule has 3 rings (SSSR count). The van der Waals surface area contributed by atoms with Gasteiger partial charge in [-0.05, 0) is 22.3 Å². The van der Waals surface area contributed by atoms with Crippen LogP contribution in [0.2, 0.25) is 0 Å². The minimum absolute atomic E-state index is 0.104. The molecule has 0 fully saturated rings. The second-order valence-electron chi connectivity index (χ2n) is 4.47. The molecule has 0 saturated heterocycles. The van der Waals surface area contributed by atoms with Gasteiger partial charge in [-0.3, -0.25) is 0 Å². The molecule has 2 N–H and O–H groups in total.